The maximum Gasteiger partial charge on any atom is 0.255 e. The number of hydrogen-bond donors (Lipinski definition) is 2. The molecule has 2 heterocycles. The molecule has 0 radical (unpaired) electrons. The Bertz CT molecular complexity index is 436. The Morgan fingerprint density at radius 3 is 3.11 bits per heavy atom. The van der Waals surface area contributed by atoms with Crippen LogP contribution < -0.4 is 10.6 Å². The molecule has 5 heteroatoms. The van der Waals surface area contributed by atoms with E-state index in [1.807, 2.05) is 13.0 Å². The highest BCUT2D eigenvalue weighted by molar-refractivity contribution is 5.99. The van der Waals surface area contributed by atoms with Gasteiger partial charge in [0.1, 0.15) is 0 Å². The minimum absolute atomic E-state index is 0.0765. The van der Waals surface area contributed by atoms with Gasteiger partial charge in [0.2, 0.25) is 0 Å². The molecule has 1 aliphatic heterocycles. The molecule has 1 aromatic heterocycles. The van der Waals surface area contributed by atoms with Gasteiger partial charge >= 0.3 is 0 Å². The SMILES string of the molecule is CCCNc1ccncc1C(=O)NC1CCOC1C. The highest BCUT2D eigenvalue weighted by Crippen LogP contribution is 2.17. The fraction of sp³-hybridized carbons (Fsp3) is 0.571. The summed E-state index contributed by atoms with van der Waals surface area (Å²) >= 11 is 0. The lowest BCUT2D eigenvalue weighted by molar-refractivity contribution is 0.0866. The Labute approximate surface area is 113 Å². The van der Waals surface area contributed by atoms with Gasteiger partial charge in [0.05, 0.1) is 23.4 Å². The number of hydrogen-bond acceptors (Lipinski definition) is 4. The van der Waals surface area contributed by atoms with Gasteiger partial charge in [0.15, 0.2) is 0 Å². The third-order valence-electron chi connectivity index (χ3n) is 3.32. The zero-order chi connectivity index (χ0) is 13.7. The summed E-state index contributed by atoms with van der Waals surface area (Å²) in [5.41, 5.74) is 1.43. The summed E-state index contributed by atoms with van der Waals surface area (Å²) in [6, 6.07) is 1.92. The maximum atomic E-state index is 12.3. The molecule has 5 nitrogen and oxygen atoms in total. The van der Waals surface area contributed by atoms with Gasteiger partial charge in [-0.3, -0.25) is 9.78 Å². The predicted molar refractivity (Wildman–Crippen MR) is 74.3 cm³/mol. The first-order chi connectivity index (χ1) is 9.22. The number of nitrogens with zero attached hydrogens (tertiary/aromatic N) is 1. The number of carbonyl (C=O) groups is 1. The Balaban J connectivity index is 2.05. The van der Waals surface area contributed by atoms with Crippen molar-refractivity contribution in [1.82, 2.24) is 10.3 Å². The van der Waals surface area contributed by atoms with E-state index in [0.29, 0.717) is 12.2 Å². The van der Waals surface area contributed by atoms with Crippen molar-refractivity contribution in [1.29, 1.82) is 0 Å². The summed E-state index contributed by atoms with van der Waals surface area (Å²) in [7, 11) is 0. The van der Waals surface area contributed by atoms with Crippen LogP contribution in [0.4, 0.5) is 5.69 Å². The molecule has 1 aromatic rings. The highest BCUT2D eigenvalue weighted by Gasteiger charge is 2.26. The predicted octanol–water partition coefficient (Wildman–Crippen LogP) is 1.81. The molecule has 0 aliphatic carbocycles. The van der Waals surface area contributed by atoms with Crippen LogP contribution in [0.5, 0.6) is 0 Å². The molecule has 1 aliphatic rings. The van der Waals surface area contributed by atoms with Crippen molar-refractivity contribution in [2.24, 2.45) is 0 Å². The van der Waals surface area contributed by atoms with Crippen molar-refractivity contribution in [3.8, 4) is 0 Å². The maximum absolute atomic E-state index is 12.3. The van der Waals surface area contributed by atoms with E-state index in [4.69, 9.17) is 4.74 Å². The fourth-order valence-electron chi connectivity index (χ4n) is 2.16. The first kappa shape index (κ1) is 13.8. The van der Waals surface area contributed by atoms with Crippen LogP contribution in [0.15, 0.2) is 18.5 Å². The van der Waals surface area contributed by atoms with E-state index in [2.05, 4.69) is 22.5 Å². The number of rotatable bonds is 5. The summed E-state index contributed by atoms with van der Waals surface area (Å²) in [6.07, 6.45) is 5.25. The molecule has 2 N–H and O–H groups in total. The lowest BCUT2D eigenvalue weighted by Gasteiger charge is -2.17. The third-order valence-corrected chi connectivity index (χ3v) is 3.32. The average molecular weight is 263 g/mol. The van der Waals surface area contributed by atoms with Crippen LogP contribution in [0.2, 0.25) is 0 Å². The van der Waals surface area contributed by atoms with Gasteiger partial charge in [-0.2, -0.15) is 0 Å². The van der Waals surface area contributed by atoms with Gasteiger partial charge in [-0.15, -0.1) is 0 Å². The summed E-state index contributed by atoms with van der Waals surface area (Å²) < 4.78 is 5.45. The van der Waals surface area contributed by atoms with Crippen molar-refractivity contribution in [3.63, 3.8) is 0 Å². The average Bonchev–Trinajstić information content (AvgIpc) is 2.82. The highest BCUT2D eigenvalue weighted by atomic mass is 16.5. The lowest BCUT2D eigenvalue weighted by Crippen LogP contribution is -2.39. The van der Waals surface area contributed by atoms with Crippen molar-refractivity contribution < 1.29 is 9.53 Å². The number of aromatic nitrogens is 1. The molecule has 1 amide bonds. The van der Waals surface area contributed by atoms with Crippen molar-refractivity contribution >= 4 is 11.6 Å². The second-order valence-corrected chi connectivity index (χ2v) is 4.79. The Kier molecular flexibility index (Phi) is 4.74. The van der Waals surface area contributed by atoms with Crippen LogP contribution in [0.25, 0.3) is 0 Å². The van der Waals surface area contributed by atoms with E-state index >= 15 is 0 Å². The third kappa shape index (κ3) is 3.44. The van der Waals surface area contributed by atoms with Crippen LogP contribution in [-0.4, -0.2) is 36.2 Å². The lowest BCUT2D eigenvalue weighted by atomic mass is 10.1. The van der Waals surface area contributed by atoms with Crippen molar-refractivity contribution in [2.75, 3.05) is 18.5 Å². The van der Waals surface area contributed by atoms with Gasteiger partial charge in [-0.25, -0.2) is 0 Å². The topological polar surface area (TPSA) is 63.2 Å². The number of carbonyl (C=O) groups excluding carboxylic acids is 1. The second kappa shape index (κ2) is 6.52. The van der Waals surface area contributed by atoms with Crippen LogP contribution in [0.3, 0.4) is 0 Å². The largest absolute Gasteiger partial charge is 0.384 e. The van der Waals surface area contributed by atoms with Crippen LogP contribution >= 0.6 is 0 Å². The molecular weight excluding hydrogens is 242 g/mol. The van der Waals surface area contributed by atoms with E-state index in [1.165, 1.54) is 0 Å². The number of nitrogens with one attached hydrogen (secondary N) is 2. The second-order valence-electron chi connectivity index (χ2n) is 4.79. The van der Waals surface area contributed by atoms with Crippen LogP contribution in [0.1, 0.15) is 37.0 Å². The van der Waals surface area contributed by atoms with Gasteiger partial charge in [0.25, 0.3) is 5.91 Å². The minimum atomic E-state index is -0.0888. The summed E-state index contributed by atoms with van der Waals surface area (Å²) in [5.74, 6) is -0.0888. The molecule has 2 rings (SSSR count). The van der Waals surface area contributed by atoms with Gasteiger partial charge in [-0.05, 0) is 25.8 Å². The Hall–Kier alpha value is -1.62. The quantitative estimate of drug-likeness (QED) is 0.850. The molecule has 2 unspecified atom stereocenters. The molecule has 0 spiro atoms. The fourth-order valence-corrected chi connectivity index (χ4v) is 2.16. The first-order valence-corrected chi connectivity index (χ1v) is 6.82. The summed E-state index contributed by atoms with van der Waals surface area (Å²) in [6.45, 7) is 5.62. The van der Waals surface area contributed by atoms with E-state index in [-0.39, 0.29) is 18.1 Å². The normalized spacial score (nSPS) is 22.2. The summed E-state index contributed by atoms with van der Waals surface area (Å²) in [4.78, 5) is 16.3. The zero-order valence-electron chi connectivity index (χ0n) is 11.5. The molecular formula is C14H21N3O2. The molecule has 0 bridgehead atoms. The minimum Gasteiger partial charge on any atom is -0.384 e. The molecule has 1 fully saturated rings. The van der Waals surface area contributed by atoms with Crippen LogP contribution in [-0.2, 0) is 4.74 Å². The van der Waals surface area contributed by atoms with E-state index in [9.17, 15) is 4.79 Å². The van der Waals surface area contributed by atoms with E-state index in [0.717, 1.165) is 25.1 Å². The van der Waals surface area contributed by atoms with Crippen molar-refractivity contribution in [2.45, 2.75) is 38.8 Å². The number of amides is 1. The molecule has 0 aromatic carbocycles. The van der Waals surface area contributed by atoms with Crippen LogP contribution in [0, 0.1) is 0 Å². The number of ether oxygens (including phenoxy) is 1. The zero-order valence-corrected chi connectivity index (χ0v) is 11.5. The number of pyridine rings is 1. The number of anilines is 1. The molecule has 2 atom stereocenters. The molecule has 104 valence electrons. The van der Waals surface area contributed by atoms with Gasteiger partial charge in [-0.1, -0.05) is 6.92 Å². The van der Waals surface area contributed by atoms with Crippen molar-refractivity contribution in [3.05, 3.63) is 24.0 Å². The monoisotopic (exact) mass is 263 g/mol. The Morgan fingerprint density at radius 2 is 2.42 bits per heavy atom. The first-order valence-electron chi connectivity index (χ1n) is 6.82. The summed E-state index contributed by atoms with van der Waals surface area (Å²) in [5, 5.41) is 6.27. The van der Waals surface area contributed by atoms with E-state index in [1.54, 1.807) is 12.4 Å². The van der Waals surface area contributed by atoms with Gasteiger partial charge < -0.3 is 15.4 Å². The smallest absolute Gasteiger partial charge is 0.255 e. The molecule has 0 saturated carbocycles. The van der Waals surface area contributed by atoms with Gasteiger partial charge in [0, 0.05) is 25.5 Å². The molecule has 1 saturated heterocycles. The standard InChI is InChI=1S/C14H21N3O2/c1-3-6-16-13-4-7-15-9-11(13)14(18)17-12-5-8-19-10(12)2/h4,7,9-10,12H,3,5-6,8H2,1-2H3,(H,15,16)(H,17,18). The molecule has 19 heavy (non-hydrogen) atoms. The van der Waals surface area contributed by atoms with E-state index < -0.39 is 0 Å². The Morgan fingerprint density at radius 1 is 1.58 bits per heavy atom.